The van der Waals surface area contributed by atoms with Crippen LogP contribution in [0.4, 0.5) is 0 Å². The number of likely N-dealkylation sites (tertiary alicyclic amines) is 1. The molecule has 0 aromatic carbocycles. The van der Waals surface area contributed by atoms with E-state index in [0.717, 1.165) is 12.8 Å². The van der Waals surface area contributed by atoms with Crippen LogP contribution >= 0.6 is 0 Å². The van der Waals surface area contributed by atoms with Crippen LogP contribution in [0.3, 0.4) is 0 Å². The van der Waals surface area contributed by atoms with Crippen molar-refractivity contribution in [1.29, 1.82) is 0 Å². The lowest BCUT2D eigenvalue weighted by atomic mass is 10.0. The second kappa shape index (κ2) is 6.59. The summed E-state index contributed by atoms with van der Waals surface area (Å²) in [4.78, 5) is 24.9. The number of carbonyl (C=O) groups excluding carboxylic acids is 2. The van der Waals surface area contributed by atoms with Crippen molar-refractivity contribution < 1.29 is 9.59 Å². The van der Waals surface area contributed by atoms with Crippen molar-refractivity contribution in [1.82, 2.24) is 10.2 Å². The van der Waals surface area contributed by atoms with Gasteiger partial charge in [-0.25, -0.2) is 0 Å². The first-order chi connectivity index (χ1) is 8.08. The van der Waals surface area contributed by atoms with Gasteiger partial charge in [0.2, 0.25) is 11.8 Å². The maximum Gasteiger partial charge on any atom is 0.239 e. The van der Waals surface area contributed by atoms with Gasteiger partial charge in [0.25, 0.3) is 0 Å². The highest BCUT2D eigenvalue weighted by Crippen LogP contribution is 2.12. The Kier molecular flexibility index (Phi) is 5.41. The zero-order valence-electron chi connectivity index (χ0n) is 10.7. The minimum atomic E-state index is -0.378. The summed E-state index contributed by atoms with van der Waals surface area (Å²) in [7, 11) is 0. The molecule has 1 heterocycles. The molecule has 0 spiro atoms. The van der Waals surface area contributed by atoms with Crippen LogP contribution in [0.1, 0.15) is 39.5 Å². The second-order valence-electron chi connectivity index (χ2n) is 4.54. The van der Waals surface area contributed by atoms with Gasteiger partial charge in [-0.05, 0) is 19.3 Å². The van der Waals surface area contributed by atoms with E-state index >= 15 is 0 Å². The Labute approximate surface area is 103 Å². The summed E-state index contributed by atoms with van der Waals surface area (Å²) in [5, 5.41) is 2.96. The van der Waals surface area contributed by atoms with Crippen molar-refractivity contribution >= 4 is 11.8 Å². The largest absolute Gasteiger partial charge is 0.353 e. The van der Waals surface area contributed by atoms with E-state index in [4.69, 9.17) is 5.73 Å². The minimum absolute atomic E-state index is 0.0350. The molecule has 1 atom stereocenters. The molecule has 1 rings (SSSR count). The highest BCUT2D eigenvalue weighted by Gasteiger charge is 2.25. The standard InChI is InChI=1S/C12H23N3O2/c1-3-10(13)12(17)15-7-5-9(6-8-15)14-11(16)4-2/h9-10H,3-8,13H2,1-2H3,(H,14,16). The lowest BCUT2D eigenvalue weighted by Crippen LogP contribution is -2.50. The zero-order chi connectivity index (χ0) is 12.8. The molecule has 0 radical (unpaired) electrons. The molecule has 3 N–H and O–H groups in total. The van der Waals surface area contributed by atoms with Crippen LogP contribution in [0.5, 0.6) is 0 Å². The van der Waals surface area contributed by atoms with Gasteiger partial charge in [-0.1, -0.05) is 13.8 Å². The monoisotopic (exact) mass is 241 g/mol. The molecule has 2 amide bonds. The summed E-state index contributed by atoms with van der Waals surface area (Å²) in [5.41, 5.74) is 5.72. The number of hydrogen-bond acceptors (Lipinski definition) is 3. The number of rotatable bonds is 4. The van der Waals surface area contributed by atoms with E-state index in [-0.39, 0.29) is 23.9 Å². The maximum atomic E-state index is 11.8. The molecule has 1 aliphatic heterocycles. The topological polar surface area (TPSA) is 75.4 Å². The van der Waals surface area contributed by atoms with Crippen LogP contribution < -0.4 is 11.1 Å². The van der Waals surface area contributed by atoms with Gasteiger partial charge in [0.15, 0.2) is 0 Å². The van der Waals surface area contributed by atoms with Crippen molar-refractivity contribution in [2.24, 2.45) is 5.73 Å². The van der Waals surface area contributed by atoms with Crippen LogP contribution in [-0.4, -0.2) is 41.9 Å². The molecule has 1 saturated heterocycles. The maximum absolute atomic E-state index is 11.8. The number of carbonyl (C=O) groups is 2. The van der Waals surface area contributed by atoms with Gasteiger partial charge in [0, 0.05) is 25.6 Å². The fourth-order valence-corrected chi connectivity index (χ4v) is 1.98. The Morgan fingerprint density at radius 1 is 1.35 bits per heavy atom. The smallest absolute Gasteiger partial charge is 0.239 e. The predicted molar refractivity (Wildman–Crippen MR) is 66.3 cm³/mol. The van der Waals surface area contributed by atoms with Crippen LogP contribution in [0.25, 0.3) is 0 Å². The predicted octanol–water partition coefficient (Wildman–Crippen LogP) is 0.241. The molecular formula is C12H23N3O2. The SMILES string of the molecule is CCC(=O)NC1CCN(C(=O)C(N)CC)CC1. The highest BCUT2D eigenvalue weighted by molar-refractivity contribution is 5.81. The Morgan fingerprint density at radius 3 is 2.41 bits per heavy atom. The van der Waals surface area contributed by atoms with Crippen LogP contribution in [0.15, 0.2) is 0 Å². The quantitative estimate of drug-likeness (QED) is 0.740. The highest BCUT2D eigenvalue weighted by atomic mass is 16.2. The van der Waals surface area contributed by atoms with Crippen LogP contribution in [0, 0.1) is 0 Å². The third kappa shape index (κ3) is 4.00. The summed E-state index contributed by atoms with van der Waals surface area (Å²) in [5.74, 6) is 0.118. The molecule has 1 aliphatic rings. The molecule has 98 valence electrons. The van der Waals surface area contributed by atoms with Crippen molar-refractivity contribution in [3.8, 4) is 0 Å². The van der Waals surface area contributed by atoms with Crippen molar-refractivity contribution in [2.45, 2.75) is 51.6 Å². The Bertz CT molecular complexity index is 273. The summed E-state index contributed by atoms with van der Waals surface area (Å²) in [6, 6.07) is -0.166. The average Bonchev–Trinajstić information content (AvgIpc) is 2.37. The molecule has 1 fully saturated rings. The van der Waals surface area contributed by atoms with Gasteiger partial charge >= 0.3 is 0 Å². The number of nitrogens with two attached hydrogens (primary N) is 1. The molecule has 17 heavy (non-hydrogen) atoms. The summed E-state index contributed by atoms with van der Waals surface area (Å²) < 4.78 is 0. The molecule has 1 unspecified atom stereocenters. The zero-order valence-corrected chi connectivity index (χ0v) is 10.7. The molecule has 0 aliphatic carbocycles. The molecule has 0 saturated carbocycles. The van der Waals surface area contributed by atoms with Gasteiger partial charge in [-0.3, -0.25) is 9.59 Å². The first-order valence-electron chi connectivity index (χ1n) is 6.42. The van der Waals surface area contributed by atoms with Gasteiger partial charge < -0.3 is 16.0 Å². The van der Waals surface area contributed by atoms with Gasteiger partial charge in [-0.15, -0.1) is 0 Å². The summed E-state index contributed by atoms with van der Waals surface area (Å²) in [6.07, 6.45) is 2.84. The van der Waals surface area contributed by atoms with Gasteiger partial charge in [-0.2, -0.15) is 0 Å². The van der Waals surface area contributed by atoms with E-state index in [0.29, 0.717) is 25.9 Å². The van der Waals surface area contributed by atoms with Crippen molar-refractivity contribution in [3.63, 3.8) is 0 Å². The van der Waals surface area contributed by atoms with Crippen LogP contribution in [0.2, 0.25) is 0 Å². The molecule has 0 aromatic rings. The first kappa shape index (κ1) is 14.0. The number of piperidine rings is 1. The normalized spacial score (nSPS) is 18.9. The lowest BCUT2D eigenvalue weighted by Gasteiger charge is -2.33. The Morgan fingerprint density at radius 2 is 1.94 bits per heavy atom. The van der Waals surface area contributed by atoms with Crippen molar-refractivity contribution in [2.75, 3.05) is 13.1 Å². The first-order valence-corrected chi connectivity index (χ1v) is 6.42. The van der Waals surface area contributed by atoms with E-state index in [1.54, 1.807) is 0 Å². The third-order valence-electron chi connectivity index (χ3n) is 3.25. The fraction of sp³-hybridized carbons (Fsp3) is 0.833. The molecule has 0 bridgehead atoms. The van der Waals surface area contributed by atoms with E-state index in [1.165, 1.54) is 0 Å². The minimum Gasteiger partial charge on any atom is -0.353 e. The van der Waals surface area contributed by atoms with E-state index in [9.17, 15) is 9.59 Å². The number of hydrogen-bond donors (Lipinski definition) is 2. The molecule has 5 heteroatoms. The average molecular weight is 241 g/mol. The molecule has 5 nitrogen and oxygen atoms in total. The molecular weight excluding hydrogens is 218 g/mol. The van der Waals surface area contributed by atoms with Crippen molar-refractivity contribution in [3.05, 3.63) is 0 Å². The van der Waals surface area contributed by atoms with E-state index in [1.807, 2.05) is 18.7 Å². The number of amides is 2. The van der Waals surface area contributed by atoms with E-state index < -0.39 is 0 Å². The molecule has 0 aromatic heterocycles. The Balaban J connectivity index is 2.35. The van der Waals surface area contributed by atoms with E-state index in [2.05, 4.69) is 5.32 Å². The number of nitrogens with zero attached hydrogens (tertiary/aromatic N) is 1. The second-order valence-corrected chi connectivity index (χ2v) is 4.54. The number of nitrogens with one attached hydrogen (secondary N) is 1. The lowest BCUT2D eigenvalue weighted by molar-refractivity contribution is -0.133. The summed E-state index contributed by atoms with van der Waals surface area (Å²) in [6.45, 7) is 5.15. The van der Waals surface area contributed by atoms with Gasteiger partial charge in [0.05, 0.1) is 6.04 Å². The third-order valence-corrected chi connectivity index (χ3v) is 3.25. The summed E-state index contributed by atoms with van der Waals surface area (Å²) >= 11 is 0. The fourth-order valence-electron chi connectivity index (χ4n) is 1.98. The van der Waals surface area contributed by atoms with Crippen LogP contribution in [-0.2, 0) is 9.59 Å². The van der Waals surface area contributed by atoms with Gasteiger partial charge in [0.1, 0.15) is 0 Å². The Hall–Kier alpha value is -1.10.